The van der Waals surface area contributed by atoms with Gasteiger partial charge >= 0.3 is 0 Å². The molecule has 0 saturated heterocycles. The summed E-state index contributed by atoms with van der Waals surface area (Å²) in [6, 6.07) is 27.0. The first-order valence-electron chi connectivity index (χ1n) is 8.56. The second-order valence-electron chi connectivity index (χ2n) is 6.13. The molecule has 4 aromatic rings. The Bertz CT molecular complexity index is 1060. The van der Waals surface area contributed by atoms with E-state index in [9.17, 15) is 4.79 Å². The molecule has 0 aliphatic heterocycles. The average molecular weight is 418 g/mol. The first kappa shape index (κ1) is 17.4. The number of hydrogen-bond donors (Lipinski definition) is 0. The Morgan fingerprint density at radius 3 is 2.15 bits per heavy atom. The van der Waals surface area contributed by atoms with Gasteiger partial charge in [0.05, 0.1) is 11.4 Å². The molecule has 132 valence electrons. The van der Waals surface area contributed by atoms with Crippen LogP contribution in [0.1, 0.15) is 27.3 Å². The normalized spacial score (nSPS) is 10.7. The third kappa shape index (κ3) is 3.73. The van der Waals surface area contributed by atoms with Crippen molar-refractivity contribution in [3.05, 3.63) is 112 Å². The van der Waals surface area contributed by atoms with Gasteiger partial charge in [-0.1, -0.05) is 81.8 Å². The largest absolute Gasteiger partial charge is 0.287 e. The van der Waals surface area contributed by atoms with Gasteiger partial charge in [-0.15, -0.1) is 5.10 Å². The van der Waals surface area contributed by atoms with Crippen LogP contribution >= 0.6 is 15.9 Å². The molecule has 0 saturated carbocycles. The molecule has 5 heteroatoms. The van der Waals surface area contributed by atoms with E-state index < -0.39 is 0 Å². The number of hydrogen-bond acceptors (Lipinski definition) is 3. The van der Waals surface area contributed by atoms with Gasteiger partial charge in [0, 0.05) is 16.5 Å². The Labute approximate surface area is 165 Å². The van der Waals surface area contributed by atoms with E-state index >= 15 is 0 Å². The molecule has 0 radical (unpaired) electrons. The summed E-state index contributed by atoms with van der Waals surface area (Å²) in [4.78, 5) is 13.0. The highest BCUT2D eigenvalue weighted by Crippen LogP contribution is 2.21. The lowest BCUT2D eigenvalue weighted by Crippen LogP contribution is -2.09. The standard InChI is InChI=1S/C22H16BrN3O/c23-18-11-13-19(14-12-18)26-20(15-16-7-3-1-4-8-16)21(24-25-26)22(27)17-9-5-2-6-10-17/h1-14H,15H2. The molecule has 0 bridgehead atoms. The molecule has 0 aliphatic carbocycles. The highest BCUT2D eigenvalue weighted by atomic mass is 79.9. The van der Waals surface area contributed by atoms with Crippen LogP contribution in [0.2, 0.25) is 0 Å². The van der Waals surface area contributed by atoms with Crippen molar-refractivity contribution in [2.24, 2.45) is 0 Å². The first-order valence-corrected chi connectivity index (χ1v) is 9.36. The van der Waals surface area contributed by atoms with E-state index in [-0.39, 0.29) is 5.78 Å². The van der Waals surface area contributed by atoms with Crippen LogP contribution in [0, 0.1) is 0 Å². The smallest absolute Gasteiger partial charge is 0.215 e. The molecule has 4 nitrogen and oxygen atoms in total. The predicted octanol–water partition coefficient (Wildman–Crippen LogP) is 4.85. The van der Waals surface area contributed by atoms with Crippen molar-refractivity contribution in [3.63, 3.8) is 0 Å². The zero-order chi connectivity index (χ0) is 18.6. The lowest BCUT2D eigenvalue weighted by Gasteiger charge is -2.08. The lowest BCUT2D eigenvalue weighted by atomic mass is 10.0. The Morgan fingerprint density at radius 1 is 0.852 bits per heavy atom. The minimum atomic E-state index is -0.120. The number of rotatable bonds is 5. The van der Waals surface area contributed by atoms with Gasteiger partial charge in [-0.25, -0.2) is 4.68 Å². The SMILES string of the molecule is O=C(c1ccccc1)c1nnn(-c2ccc(Br)cc2)c1Cc1ccccc1. The van der Waals surface area contributed by atoms with Crippen LogP contribution < -0.4 is 0 Å². The molecule has 1 aromatic heterocycles. The summed E-state index contributed by atoms with van der Waals surface area (Å²) in [6.07, 6.45) is 0.567. The van der Waals surface area contributed by atoms with Crippen molar-refractivity contribution in [1.29, 1.82) is 0 Å². The van der Waals surface area contributed by atoms with Crippen LogP contribution in [0.25, 0.3) is 5.69 Å². The zero-order valence-electron chi connectivity index (χ0n) is 14.4. The Hall–Kier alpha value is -3.05. The van der Waals surface area contributed by atoms with E-state index in [0.717, 1.165) is 21.4 Å². The summed E-state index contributed by atoms with van der Waals surface area (Å²) in [5.41, 5.74) is 3.73. The summed E-state index contributed by atoms with van der Waals surface area (Å²) >= 11 is 3.45. The fraction of sp³-hybridized carbons (Fsp3) is 0.0455. The fourth-order valence-electron chi connectivity index (χ4n) is 2.94. The monoisotopic (exact) mass is 417 g/mol. The molecule has 0 spiro atoms. The number of halogens is 1. The van der Waals surface area contributed by atoms with Gasteiger partial charge in [-0.3, -0.25) is 4.79 Å². The second kappa shape index (κ2) is 7.68. The van der Waals surface area contributed by atoms with Crippen LogP contribution in [0.4, 0.5) is 0 Å². The number of benzene rings is 3. The highest BCUT2D eigenvalue weighted by molar-refractivity contribution is 9.10. The van der Waals surface area contributed by atoms with Gasteiger partial charge in [-0.2, -0.15) is 0 Å². The van der Waals surface area contributed by atoms with Gasteiger partial charge in [0.2, 0.25) is 5.78 Å². The highest BCUT2D eigenvalue weighted by Gasteiger charge is 2.22. The van der Waals surface area contributed by atoms with Gasteiger partial charge in [0.1, 0.15) is 0 Å². The lowest BCUT2D eigenvalue weighted by molar-refractivity contribution is 0.103. The topological polar surface area (TPSA) is 47.8 Å². The number of aromatic nitrogens is 3. The Morgan fingerprint density at radius 2 is 1.48 bits per heavy atom. The number of nitrogens with zero attached hydrogens (tertiary/aromatic N) is 3. The molecule has 0 atom stereocenters. The summed E-state index contributed by atoms with van der Waals surface area (Å²) in [6.45, 7) is 0. The molecule has 0 aliphatic rings. The summed E-state index contributed by atoms with van der Waals surface area (Å²) < 4.78 is 2.73. The summed E-state index contributed by atoms with van der Waals surface area (Å²) in [5, 5.41) is 8.53. The van der Waals surface area contributed by atoms with E-state index in [2.05, 4.69) is 26.2 Å². The van der Waals surface area contributed by atoms with Crippen LogP contribution in [0.15, 0.2) is 89.4 Å². The van der Waals surface area contributed by atoms with E-state index in [1.54, 1.807) is 16.8 Å². The van der Waals surface area contributed by atoms with Gasteiger partial charge in [0.15, 0.2) is 5.69 Å². The van der Waals surface area contributed by atoms with E-state index in [1.165, 1.54) is 0 Å². The van der Waals surface area contributed by atoms with Gasteiger partial charge in [-0.05, 0) is 29.8 Å². The van der Waals surface area contributed by atoms with Crippen LogP contribution in [-0.4, -0.2) is 20.8 Å². The molecule has 0 N–H and O–H groups in total. The Balaban J connectivity index is 1.81. The van der Waals surface area contributed by atoms with Crippen molar-refractivity contribution in [1.82, 2.24) is 15.0 Å². The molecule has 0 amide bonds. The van der Waals surface area contributed by atoms with Crippen molar-refractivity contribution in [2.75, 3.05) is 0 Å². The zero-order valence-corrected chi connectivity index (χ0v) is 16.0. The molecule has 0 unspecified atom stereocenters. The average Bonchev–Trinajstić information content (AvgIpc) is 3.13. The Kier molecular flexibility index (Phi) is 4.94. The van der Waals surface area contributed by atoms with E-state index in [1.807, 2.05) is 72.8 Å². The maximum absolute atomic E-state index is 13.0. The van der Waals surface area contributed by atoms with Gasteiger partial charge < -0.3 is 0 Å². The molecular weight excluding hydrogens is 402 g/mol. The first-order chi connectivity index (χ1) is 13.2. The number of carbonyl (C=O) groups excluding carboxylic acids is 1. The minimum Gasteiger partial charge on any atom is -0.287 e. The van der Waals surface area contributed by atoms with Crippen LogP contribution in [-0.2, 0) is 6.42 Å². The molecule has 27 heavy (non-hydrogen) atoms. The molecular formula is C22H16BrN3O. The maximum atomic E-state index is 13.0. The van der Waals surface area contributed by atoms with Gasteiger partial charge in [0.25, 0.3) is 0 Å². The van der Waals surface area contributed by atoms with Crippen LogP contribution in [0.3, 0.4) is 0 Å². The van der Waals surface area contributed by atoms with Crippen molar-refractivity contribution in [2.45, 2.75) is 6.42 Å². The fourth-order valence-corrected chi connectivity index (χ4v) is 3.21. The number of ketones is 1. The third-order valence-electron chi connectivity index (χ3n) is 4.30. The molecule has 3 aromatic carbocycles. The van der Waals surface area contributed by atoms with Crippen molar-refractivity contribution in [3.8, 4) is 5.69 Å². The second-order valence-corrected chi connectivity index (χ2v) is 7.05. The molecule has 1 heterocycles. The van der Waals surface area contributed by atoms with Crippen molar-refractivity contribution < 1.29 is 4.79 Å². The van der Waals surface area contributed by atoms with E-state index in [0.29, 0.717) is 17.7 Å². The van der Waals surface area contributed by atoms with Crippen molar-refractivity contribution >= 4 is 21.7 Å². The third-order valence-corrected chi connectivity index (χ3v) is 4.83. The van der Waals surface area contributed by atoms with Crippen LogP contribution in [0.5, 0.6) is 0 Å². The maximum Gasteiger partial charge on any atom is 0.215 e. The van der Waals surface area contributed by atoms with E-state index in [4.69, 9.17) is 0 Å². The predicted molar refractivity (Wildman–Crippen MR) is 108 cm³/mol. The molecule has 0 fully saturated rings. The number of carbonyl (C=O) groups is 1. The summed E-state index contributed by atoms with van der Waals surface area (Å²) in [5.74, 6) is -0.120. The molecule has 4 rings (SSSR count). The quantitative estimate of drug-likeness (QED) is 0.436. The summed E-state index contributed by atoms with van der Waals surface area (Å²) in [7, 11) is 0. The minimum absolute atomic E-state index is 0.120.